The molecule has 2 rings (SSSR count). The zero-order valence-electron chi connectivity index (χ0n) is 11.8. The third-order valence-corrected chi connectivity index (χ3v) is 3.89. The molecule has 3 heteroatoms. The molecular weight excluding hydrogens is 254 g/mol. The summed E-state index contributed by atoms with van der Waals surface area (Å²) in [6, 6.07) is 8.56. The Labute approximate surface area is 119 Å². The average molecular weight is 275 g/mol. The molecule has 0 saturated heterocycles. The number of rotatable bonds is 6. The summed E-state index contributed by atoms with van der Waals surface area (Å²) in [5, 5.41) is 5.50. The van der Waals surface area contributed by atoms with Gasteiger partial charge < -0.3 is 10.1 Å². The minimum Gasteiger partial charge on any atom is -0.492 e. The van der Waals surface area contributed by atoms with E-state index in [0.29, 0.717) is 6.61 Å². The van der Waals surface area contributed by atoms with Crippen LogP contribution < -0.4 is 10.1 Å². The molecule has 0 fully saturated rings. The molecule has 0 aliphatic rings. The maximum Gasteiger partial charge on any atom is 0.125 e. The van der Waals surface area contributed by atoms with Gasteiger partial charge in [0.05, 0.1) is 0 Å². The second-order valence-corrected chi connectivity index (χ2v) is 5.86. The van der Waals surface area contributed by atoms with Crippen molar-refractivity contribution < 1.29 is 4.74 Å². The van der Waals surface area contributed by atoms with Crippen molar-refractivity contribution in [2.45, 2.75) is 27.3 Å². The number of hydrogen-bond acceptors (Lipinski definition) is 3. The van der Waals surface area contributed by atoms with Gasteiger partial charge in [0.25, 0.3) is 0 Å². The number of benzene rings is 1. The summed E-state index contributed by atoms with van der Waals surface area (Å²) in [5.74, 6) is 1.03. The molecule has 0 atom stereocenters. The fraction of sp³-hybridized carbons (Fsp3) is 0.375. The van der Waals surface area contributed by atoms with Crippen LogP contribution in [0, 0.1) is 20.8 Å². The first-order valence-electron chi connectivity index (χ1n) is 6.60. The molecule has 0 spiro atoms. The highest BCUT2D eigenvalue weighted by Gasteiger charge is 2.04. The maximum absolute atomic E-state index is 5.88. The lowest BCUT2D eigenvalue weighted by molar-refractivity contribution is 0.310. The fourth-order valence-corrected chi connectivity index (χ4v) is 2.92. The number of nitrogens with one attached hydrogen (secondary N) is 1. The van der Waals surface area contributed by atoms with Gasteiger partial charge in [-0.05, 0) is 43.3 Å². The molecule has 1 aromatic carbocycles. The van der Waals surface area contributed by atoms with Gasteiger partial charge >= 0.3 is 0 Å². The number of hydrogen-bond donors (Lipinski definition) is 1. The Morgan fingerprint density at radius 2 is 1.89 bits per heavy atom. The molecule has 102 valence electrons. The third-order valence-electron chi connectivity index (χ3n) is 3.01. The molecular formula is C16H21NOS. The van der Waals surface area contributed by atoms with E-state index in [1.807, 2.05) is 0 Å². The van der Waals surface area contributed by atoms with Gasteiger partial charge in [-0.1, -0.05) is 23.8 Å². The molecule has 0 bridgehead atoms. The Morgan fingerprint density at radius 3 is 2.53 bits per heavy atom. The summed E-state index contributed by atoms with van der Waals surface area (Å²) >= 11 is 1.78. The number of ether oxygens (including phenoxy) is 1. The molecule has 0 saturated carbocycles. The minimum absolute atomic E-state index is 0.704. The first kappa shape index (κ1) is 14.1. The van der Waals surface area contributed by atoms with E-state index in [2.05, 4.69) is 55.7 Å². The molecule has 0 amide bonds. The summed E-state index contributed by atoms with van der Waals surface area (Å²) < 4.78 is 5.88. The molecule has 2 aromatic rings. The molecule has 2 nitrogen and oxygen atoms in total. The monoisotopic (exact) mass is 275 g/mol. The van der Waals surface area contributed by atoms with Gasteiger partial charge in [0.1, 0.15) is 12.4 Å². The summed E-state index contributed by atoms with van der Waals surface area (Å²) in [5.41, 5.74) is 3.73. The normalized spacial score (nSPS) is 10.7. The lowest BCUT2D eigenvalue weighted by Crippen LogP contribution is -2.20. The molecule has 19 heavy (non-hydrogen) atoms. The van der Waals surface area contributed by atoms with Crippen LogP contribution in [0.3, 0.4) is 0 Å². The molecule has 1 heterocycles. The Balaban J connectivity index is 1.77. The van der Waals surface area contributed by atoms with Crippen molar-refractivity contribution in [3.8, 4) is 5.75 Å². The Hall–Kier alpha value is -1.32. The van der Waals surface area contributed by atoms with E-state index >= 15 is 0 Å². The van der Waals surface area contributed by atoms with Crippen molar-refractivity contribution in [2.75, 3.05) is 13.2 Å². The topological polar surface area (TPSA) is 21.3 Å². The summed E-state index contributed by atoms with van der Waals surface area (Å²) in [6.07, 6.45) is 0. The Bertz CT molecular complexity index is 497. The van der Waals surface area contributed by atoms with Crippen molar-refractivity contribution in [3.05, 3.63) is 51.2 Å². The second kappa shape index (κ2) is 6.73. The van der Waals surface area contributed by atoms with E-state index in [1.165, 1.54) is 21.6 Å². The Morgan fingerprint density at radius 1 is 1.16 bits per heavy atom. The van der Waals surface area contributed by atoms with Crippen LogP contribution in [0.25, 0.3) is 0 Å². The van der Waals surface area contributed by atoms with Crippen molar-refractivity contribution in [3.63, 3.8) is 0 Å². The predicted molar refractivity (Wildman–Crippen MR) is 82.2 cm³/mol. The molecule has 0 aliphatic carbocycles. The lowest BCUT2D eigenvalue weighted by Gasteiger charge is -2.13. The van der Waals surface area contributed by atoms with Crippen LogP contribution in [0.15, 0.2) is 29.6 Å². The van der Waals surface area contributed by atoms with Crippen LogP contribution >= 0.6 is 11.3 Å². The smallest absolute Gasteiger partial charge is 0.125 e. The quantitative estimate of drug-likeness (QED) is 0.809. The third kappa shape index (κ3) is 4.08. The zero-order valence-corrected chi connectivity index (χ0v) is 12.6. The van der Waals surface area contributed by atoms with E-state index in [0.717, 1.165) is 18.8 Å². The van der Waals surface area contributed by atoms with Crippen LogP contribution in [0.4, 0.5) is 0 Å². The van der Waals surface area contributed by atoms with Crippen molar-refractivity contribution in [2.24, 2.45) is 0 Å². The molecule has 1 N–H and O–H groups in total. The van der Waals surface area contributed by atoms with E-state index in [1.54, 1.807) is 11.3 Å². The van der Waals surface area contributed by atoms with Crippen LogP contribution in [0.5, 0.6) is 5.75 Å². The van der Waals surface area contributed by atoms with Crippen LogP contribution in [-0.4, -0.2) is 13.2 Å². The standard InChI is InChI=1S/C16H21NOS/c1-12-9-13(2)16(14(3)10-12)18-7-6-17-11-15-5-4-8-19-15/h4-5,8-10,17H,6-7,11H2,1-3H3. The van der Waals surface area contributed by atoms with Gasteiger partial charge in [-0.2, -0.15) is 0 Å². The van der Waals surface area contributed by atoms with Crippen LogP contribution in [-0.2, 0) is 6.54 Å². The summed E-state index contributed by atoms with van der Waals surface area (Å²) in [7, 11) is 0. The van der Waals surface area contributed by atoms with Crippen molar-refractivity contribution in [1.82, 2.24) is 5.32 Å². The highest BCUT2D eigenvalue weighted by molar-refractivity contribution is 7.09. The molecule has 0 unspecified atom stereocenters. The van der Waals surface area contributed by atoms with Gasteiger partial charge in [-0.25, -0.2) is 0 Å². The van der Waals surface area contributed by atoms with E-state index < -0.39 is 0 Å². The fourth-order valence-electron chi connectivity index (χ4n) is 2.24. The van der Waals surface area contributed by atoms with E-state index in [4.69, 9.17) is 4.74 Å². The van der Waals surface area contributed by atoms with Crippen molar-refractivity contribution >= 4 is 11.3 Å². The summed E-state index contributed by atoms with van der Waals surface area (Å²) in [4.78, 5) is 1.36. The van der Waals surface area contributed by atoms with Crippen LogP contribution in [0.1, 0.15) is 21.6 Å². The second-order valence-electron chi connectivity index (χ2n) is 4.83. The number of aryl methyl sites for hydroxylation is 3. The molecule has 0 aliphatic heterocycles. The van der Waals surface area contributed by atoms with Crippen molar-refractivity contribution in [1.29, 1.82) is 0 Å². The SMILES string of the molecule is Cc1cc(C)c(OCCNCc2cccs2)c(C)c1. The number of thiophene rings is 1. The highest BCUT2D eigenvalue weighted by Crippen LogP contribution is 2.24. The predicted octanol–water partition coefficient (Wildman–Crippen LogP) is 3.84. The van der Waals surface area contributed by atoms with Gasteiger partial charge in [0.2, 0.25) is 0 Å². The maximum atomic E-state index is 5.88. The highest BCUT2D eigenvalue weighted by atomic mass is 32.1. The van der Waals surface area contributed by atoms with Gasteiger partial charge in [0, 0.05) is 18.0 Å². The average Bonchev–Trinajstić information content (AvgIpc) is 2.84. The van der Waals surface area contributed by atoms with Gasteiger partial charge in [-0.15, -0.1) is 11.3 Å². The molecule has 0 radical (unpaired) electrons. The first-order valence-corrected chi connectivity index (χ1v) is 7.48. The summed E-state index contributed by atoms with van der Waals surface area (Å²) in [6.45, 7) is 8.82. The largest absolute Gasteiger partial charge is 0.492 e. The first-order chi connectivity index (χ1) is 9.16. The molecule has 1 aromatic heterocycles. The van der Waals surface area contributed by atoms with Gasteiger partial charge in [-0.3, -0.25) is 0 Å². The van der Waals surface area contributed by atoms with Gasteiger partial charge in [0.15, 0.2) is 0 Å². The Kier molecular flexibility index (Phi) is 5.00. The van der Waals surface area contributed by atoms with E-state index in [-0.39, 0.29) is 0 Å². The minimum atomic E-state index is 0.704. The lowest BCUT2D eigenvalue weighted by atomic mass is 10.1. The zero-order chi connectivity index (χ0) is 13.7. The van der Waals surface area contributed by atoms with E-state index in [9.17, 15) is 0 Å². The van der Waals surface area contributed by atoms with Crippen LogP contribution in [0.2, 0.25) is 0 Å².